The Morgan fingerprint density at radius 3 is 2.60 bits per heavy atom. The molecule has 4 nitrogen and oxygen atoms in total. The van der Waals surface area contributed by atoms with Crippen molar-refractivity contribution in [2.24, 2.45) is 0 Å². The summed E-state index contributed by atoms with van der Waals surface area (Å²) in [5, 5.41) is 0.688. The monoisotopic (exact) mass is 283 g/mol. The van der Waals surface area contributed by atoms with Gasteiger partial charge in [-0.3, -0.25) is 15.6 Å². The summed E-state index contributed by atoms with van der Waals surface area (Å²) in [7, 11) is 0. The molecule has 0 radical (unpaired) electrons. The van der Waals surface area contributed by atoms with Gasteiger partial charge in [0.2, 0.25) is 11.0 Å². The Morgan fingerprint density at radius 1 is 1.05 bits per heavy atom. The van der Waals surface area contributed by atoms with Gasteiger partial charge < -0.3 is 0 Å². The minimum Gasteiger partial charge on any atom is -0.273 e. The van der Waals surface area contributed by atoms with Crippen LogP contribution in [0.15, 0.2) is 54.6 Å². The third-order valence-electron chi connectivity index (χ3n) is 2.81. The predicted octanol–water partition coefficient (Wildman–Crippen LogP) is 2.98. The topological polar surface area (TPSA) is 54.0 Å². The van der Waals surface area contributed by atoms with Crippen LogP contribution in [0.3, 0.4) is 0 Å². The number of amides is 1. The lowest BCUT2D eigenvalue weighted by molar-refractivity contribution is -0.119. The van der Waals surface area contributed by atoms with Gasteiger partial charge in [0.05, 0.1) is 16.6 Å². The second kappa shape index (κ2) is 5.71. The fourth-order valence-electron chi connectivity index (χ4n) is 1.87. The van der Waals surface area contributed by atoms with E-state index < -0.39 is 0 Å². The summed E-state index contributed by atoms with van der Waals surface area (Å²) < 4.78 is 1.09. The van der Waals surface area contributed by atoms with E-state index in [4.69, 9.17) is 0 Å². The van der Waals surface area contributed by atoms with Crippen molar-refractivity contribution in [1.29, 1.82) is 0 Å². The summed E-state index contributed by atoms with van der Waals surface area (Å²) in [6.45, 7) is 0. The van der Waals surface area contributed by atoms with E-state index in [2.05, 4.69) is 15.8 Å². The highest BCUT2D eigenvalue weighted by molar-refractivity contribution is 7.22. The molecule has 0 fully saturated rings. The van der Waals surface area contributed by atoms with E-state index in [0.29, 0.717) is 11.6 Å². The van der Waals surface area contributed by atoms with Crippen LogP contribution >= 0.6 is 11.3 Å². The van der Waals surface area contributed by atoms with Crippen LogP contribution in [-0.2, 0) is 11.2 Å². The first-order valence-electron chi connectivity index (χ1n) is 6.25. The van der Waals surface area contributed by atoms with Gasteiger partial charge >= 0.3 is 0 Å². The number of carbonyl (C=O) groups excluding carboxylic acids is 1. The Morgan fingerprint density at radius 2 is 1.80 bits per heavy atom. The van der Waals surface area contributed by atoms with Gasteiger partial charge in [-0.25, -0.2) is 4.98 Å². The first kappa shape index (κ1) is 12.6. The minimum atomic E-state index is -0.0875. The molecule has 3 rings (SSSR count). The zero-order chi connectivity index (χ0) is 13.8. The van der Waals surface area contributed by atoms with Crippen LogP contribution in [0.1, 0.15) is 5.56 Å². The van der Waals surface area contributed by atoms with Crippen LogP contribution in [0.2, 0.25) is 0 Å². The van der Waals surface area contributed by atoms with Crippen molar-refractivity contribution in [2.75, 3.05) is 5.43 Å². The molecule has 100 valence electrons. The predicted molar refractivity (Wildman–Crippen MR) is 81.5 cm³/mol. The number of para-hydroxylation sites is 1. The molecule has 0 unspecified atom stereocenters. The molecule has 0 saturated carbocycles. The molecule has 1 aromatic heterocycles. The van der Waals surface area contributed by atoms with Crippen molar-refractivity contribution >= 4 is 32.6 Å². The molecule has 2 aromatic carbocycles. The average Bonchev–Trinajstić information content (AvgIpc) is 2.89. The Kier molecular flexibility index (Phi) is 3.60. The van der Waals surface area contributed by atoms with Gasteiger partial charge in [-0.15, -0.1) is 0 Å². The van der Waals surface area contributed by atoms with Crippen LogP contribution in [0, 0.1) is 0 Å². The normalized spacial score (nSPS) is 10.4. The second-order valence-corrected chi connectivity index (χ2v) is 5.35. The van der Waals surface area contributed by atoms with E-state index >= 15 is 0 Å². The van der Waals surface area contributed by atoms with Crippen molar-refractivity contribution in [1.82, 2.24) is 10.4 Å². The zero-order valence-electron chi connectivity index (χ0n) is 10.7. The van der Waals surface area contributed by atoms with Gasteiger partial charge in [0, 0.05) is 0 Å². The lowest BCUT2D eigenvalue weighted by Gasteiger charge is -2.05. The fourth-order valence-corrected chi connectivity index (χ4v) is 2.69. The van der Waals surface area contributed by atoms with E-state index in [-0.39, 0.29) is 5.91 Å². The summed E-state index contributed by atoms with van der Waals surface area (Å²) in [5.41, 5.74) is 7.44. The smallest absolute Gasteiger partial charge is 0.242 e. The number of anilines is 1. The molecule has 0 aliphatic carbocycles. The molecule has 0 aliphatic rings. The molecular weight excluding hydrogens is 270 g/mol. The minimum absolute atomic E-state index is 0.0875. The molecule has 20 heavy (non-hydrogen) atoms. The van der Waals surface area contributed by atoms with E-state index in [1.807, 2.05) is 54.6 Å². The lowest BCUT2D eigenvalue weighted by Crippen LogP contribution is -2.30. The number of rotatable bonds is 4. The number of nitrogens with zero attached hydrogens (tertiary/aromatic N) is 1. The van der Waals surface area contributed by atoms with Crippen molar-refractivity contribution in [3.63, 3.8) is 0 Å². The average molecular weight is 283 g/mol. The number of hydrogen-bond donors (Lipinski definition) is 2. The van der Waals surface area contributed by atoms with Crippen LogP contribution in [0.4, 0.5) is 5.13 Å². The number of hydrazine groups is 1. The van der Waals surface area contributed by atoms with Gasteiger partial charge in [-0.05, 0) is 17.7 Å². The van der Waals surface area contributed by atoms with E-state index in [1.165, 1.54) is 11.3 Å². The second-order valence-electron chi connectivity index (χ2n) is 4.32. The molecule has 0 atom stereocenters. The van der Waals surface area contributed by atoms with E-state index in [1.54, 1.807) is 0 Å². The summed E-state index contributed by atoms with van der Waals surface area (Å²) in [6, 6.07) is 17.5. The number of aromatic nitrogens is 1. The number of benzene rings is 2. The molecule has 0 aliphatic heterocycles. The fraction of sp³-hybridized carbons (Fsp3) is 0.0667. The maximum absolute atomic E-state index is 11.8. The third-order valence-corrected chi connectivity index (χ3v) is 3.76. The molecule has 1 amide bonds. The summed E-state index contributed by atoms with van der Waals surface area (Å²) in [4.78, 5) is 16.2. The first-order valence-corrected chi connectivity index (χ1v) is 7.07. The highest BCUT2D eigenvalue weighted by Crippen LogP contribution is 2.24. The van der Waals surface area contributed by atoms with Gasteiger partial charge in [-0.2, -0.15) is 0 Å². The van der Waals surface area contributed by atoms with Crippen LogP contribution in [-0.4, -0.2) is 10.9 Å². The molecular formula is C15H13N3OS. The third kappa shape index (κ3) is 2.95. The number of thiazole rings is 1. The maximum atomic E-state index is 11.8. The van der Waals surface area contributed by atoms with Gasteiger partial charge in [0.15, 0.2) is 0 Å². The van der Waals surface area contributed by atoms with Gasteiger partial charge in [0.1, 0.15) is 0 Å². The molecule has 5 heteroatoms. The van der Waals surface area contributed by atoms with E-state index in [9.17, 15) is 4.79 Å². The van der Waals surface area contributed by atoms with Crippen molar-refractivity contribution < 1.29 is 4.79 Å². The largest absolute Gasteiger partial charge is 0.273 e. The SMILES string of the molecule is O=C(Cc1ccccc1)NNc1nc2ccccc2s1. The molecule has 0 bridgehead atoms. The zero-order valence-corrected chi connectivity index (χ0v) is 11.5. The Balaban J connectivity index is 1.60. The highest BCUT2D eigenvalue weighted by Gasteiger charge is 2.05. The molecule has 2 N–H and O–H groups in total. The Bertz CT molecular complexity index is 691. The number of nitrogens with one attached hydrogen (secondary N) is 2. The van der Waals surface area contributed by atoms with Crippen molar-refractivity contribution in [3.05, 3.63) is 60.2 Å². The van der Waals surface area contributed by atoms with Gasteiger partial charge in [-0.1, -0.05) is 53.8 Å². The summed E-state index contributed by atoms with van der Waals surface area (Å²) >= 11 is 1.51. The molecule has 0 saturated heterocycles. The number of carbonyl (C=O) groups is 1. The standard InChI is InChI=1S/C15H13N3OS/c19-14(10-11-6-2-1-3-7-11)17-18-15-16-12-8-4-5-9-13(12)20-15/h1-9H,10H2,(H,16,18)(H,17,19). The molecule has 3 aromatic rings. The Labute approximate surface area is 120 Å². The Hall–Kier alpha value is -2.40. The van der Waals surface area contributed by atoms with Crippen molar-refractivity contribution in [2.45, 2.75) is 6.42 Å². The molecule has 0 spiro atoms. The summed E-state index contributed by atoms with van der Waals surface area (Å²) in [5.74, 6) is -0.0875. The number of hydrogen-bond acceptors (Lipinski definition) is 4. The van der Waals surface area contributed by atoms with Crippen LogP contribution in [0.5, 0.6) is 0 Å². The lowest BCUT2D eigenvalue weighted by atomic mass is 10.1. The van der Waals surface area contributed by atoms with E-state index in [0.717, 1.165) is 15.8 Å². The van der Waals surface area contributed by atoms with Crippen LogP contribution < -0.4 is 10.9 Å². The molecule has 1 heterocycles. The first-order chi connectivity index (χ1) is 9.81. The maximum Gasteiger partial charge on any atom is 0.242 e. The highest BCUT2D eigenvalue weighted by atomic mass is 32.1. The van der Waals surface area contributed by atoms with Gasteiger partial charge in [0.25, 0.3) is 0 Å². The van der Waals surface area contributed by atoms with Crippen molar-refractivity contribution in [3.8, 4) is 0 Å². The van der Waals surface area contributed by atoms with Crippen LogP contribution in [0.25, 0.3) is 10.2 Å². The summed E-state index contributed by atoms with van der Waals surface area (Å²) in [6.07, 6.45) is 0.346. The quantitative estimate of drug-likeness (QED) is 0.724. The number of fused-ring (bicyclic) bond motifs is 1.